The Morgan fingerprint density at radius 1 is 0.852 bits per heavy atom. The first-order valence-corrected chi connectivity index (χ1v) is 8.55. The fourth-order valence-corrected chi connectivity index (χ4v) is 2.66. The van der Waals surface area contributed by atoms with Gasteiger partial charge in [-0.2, -0.15) is 0 Å². The van der Waals surface area contributed by atoms with Crippen LogP contribution in [0, 0.1) is 0 Å². The van der Waals surface area contributed by atoms with Crippen molar-refractivity contribution in [3.8, 4) is 23.0 Å². The van der Waals surface area contributed by atoms with Gasteiger partial charge in [0, 0.05) is 0 Å². The summed E-state index contributed by atoms with van der Waals surface area (Å²) in [7, 11) is 3.04. The molecule has 1 amide bonds. The van der Waals surface area contributed by atoms with Gasteiger partial charge in [0.05, 0.1) is 30.5 Å². The Labute approximate surface area is 162 Å². The molecule has 0 aliphatic rings. The van der Waals surface area contributed by atoms with E-state index in [-0.39, 0.29) is 5.91 Å². The lowest BCUT2D eigenvalue weighted by Gasteiger charge is -2.14. The maximum atomic E-state index is 12.8. The molecule has 3 aromatic carbocycles. The summed E-state index contributed by atoms with van der Waals surface area (Å²) in [5.41, 5.74) is 0.858. The second-order valence-corrected chi connectivity index (χ2v) is 5.96. The lowest BCUT2D eigenvalue weighted by molar-refractivity contribution is 0.102. The summed E-state index contributed by atoms with van der Waals surface area (Å²) in [6.45, 7) is 0. The van der Waals surface area contributed by atoms with Crippen molar-refractivity contribution < 1.29 is 19.0 Å². The molecule has 0 aromatic heterocycles. The summed E-state index contributed by atoms with van der Waals surface area (Å²) in [6.07, 6.45) is 0. The van der Waals surface area contributed by atoms with E-state index in [0.29, 0.717) is 39.3 Å². The first kappa shape index (κ1) is 18.6. The number of halogens is 1. The van der Waals surface area contributed by atoms with Crippen LogP contribution in [0.4, 0.5) is 5.69 Å². The molecule has 27 heavy (non-hydrogen) atoms. The van der Waals surface area contributed by atoms with Gasteiger partial charge in [0.2, 0.25) is 0 Å². The number of para-hydroxylation sites is 3. The van der Waals surface area contributed by atoms with Crippen LogP contribution in [0.1, 0.15) is 10.4 Å². The second-order valence-electron chi connectivity index (χ2n) is 5.55. The Morgan fingerprint density at radius 2 is 1.56 bits per heavy atom. The molecule has 0 saturated carbocycles. The number of nitrogens with one attached hydrogen (secondary N) is 1. The van der Waals surface area contributed by atoms with Crippen LogP contribution >= 0.6 is 11.6 Å². The lowest BCUT2D eigenvalue weighted by Crippen LogP contribution is -2.14. The molecular formula is C21H18ClNO4. The number of carbonyl (C=O) groups is 1. The molecule has 6 heteroatoms. The zero-order valence-electron chi connectivity index (χ0n) is 14.9. The van der Waals surface area contributed by atoms with Crippen molar-refractivity contribution in [1.82, 2.24) is 0 Å². The average Bonchev–Trinajstić information content (AvgIpc) is 2.70. The van der Waals surface area contributed by atoms with E-state index >= 15 is 0 Å². The van der Waals surface area contributed by atoms with Gasteiger partial charge in [-0.15, -0.1) is 0 Å². The highest BCUT2D eigenvalue weighted by Crippen LogP contribution is 2.34. The number of hydrogen-bond acceptors (Lipinski definition) is 4. The van der Waals surface area contributed by atoms with Crippen LogP contribution in [0.2, 0.25) is 5.02 Å². The number of hydrogen-bond donors (Lipinski definition) is 1. The van der Waals surface area contributed by atoms with Crippen LogP contribution in [0.5, 0.6) is 23.0 Å². The van der Waals surface area contributed by atoms with Gasteiger partial charge in [-0.3, -0.25) is 4.79 Å². The van der Waals surface area contributed by atoms with E-state index in [2.05, 4.69) is 5.32 Å². The van der Waals surface area contributed by atoms with Crippen molar-refractivity contribution in [1.29, 1.82) is 0 Å². The summed E-state index contributed by atoms with van der Waals surface area (Å²) in [6, 6.07) is 19.3. The number of amides is 1. The van der Waals surface area contributed by atoms with Gasteiger partial charge in [0.1, 0.15) is 17.2 Å². The normalized spacial score (nSPS) is 10.2. The minimum Gasteiger partial charge on any atom is -0.497 e. The summed E-state index contributed by atoms with van der Waals surface area (Å²) < 4.78 is 16.4. The molecule has 0 saturated heterocycles. The molecule has 3 aromatic rings. The molecule has 0 heterocycles. The van der Waals surface area contributed by atoms with Crippen molar-refractivity contribution in [2.75, 3.05) is 19.5 Å². The van der Waals surface area contributed by atoms with Gasteiger partial charge in [0.25, 0.3) is 5.91 Å². The number of ether oxygens (including phenoxy) is 3. The smallest absolute Gasteiger partial charge is 0.259 e. The summed E-state index contributed by atoms with van der Waals surface area (Å²) >= 11 is 6.16. The van der Waals surface area contributed by atoms with E-state index in [1.54, 1.807) is 48.5 Å². The predicted molar refractivity (Wildman–Crippen MR) is 105 cm³/mol. The molecule has 5 nitrogen and oxygen atoms in total. The van der Waals surface area contributed by atoms with Crippen LogP contribution in [0.25, 0.3) is 0 Å². The van der Waals surface area contributed by atoms with Gasteiger partial charge in [-0.05, 0) is 42.5 Å². The van der Waals surface area contributed by atoms with Gasteiger partial charge >= 0.3 is 0 Å². The van der Waals surface area contributed by atoms with Gasteiger partial charge in [-0.25, -0.2) is 0 Å². The Kier molecular flexibility index (Phi) is 5.84. The molecule has 138 valence electrons. The van der Waals surface area contributed by atoms with Gasteiger partial charge in [-0.1, -0.05) is 35.9 Å². The van der Waals surface area contributed by atoms with E-state index in [0.717, 1.165) is 0 Å². The van der Waals surface area contributed by atoms with Crippen LogP contribution in [0.15, 0.2) is 66.7 Å². The quantitative estimate of drug-likeness (QED) is 0.619. The number of benzene rings is 3. The topological polar surface area (TPSA) is 56.8 Å². The molecule has 0 fully saturated rings. The van der Waals surface area contributed by atoms with E-state index in [4.69, 9.17) is 25.8 Å². The maximum Gasteiger partial charge on any atom is 0.259 e. The third kappa shape index (κ3) is 4.33. The Bertz CT molecular complexity index is 958. The van der Waals surface area contributed by atoms with E-state index in [9.17, 15) is 4.79 Å². The van der Waals surface area contributed by atoms with Crippen LogP contribution < -0.4 is 19.5 Å². The van der Waals surface area contributed by atoms with Crippen molar-refractivity contribution in [3.05, 3.63) is 77.3 Å². The number of carbonyl (C=O) groups excluding carboxylic acids is 1. The van der Waals surface area contributed by atoms with Crippen LogP contribution in [-0.4, -0.2) is 20.1 Å². The van der Waals surface area contributed by atoms with Crippen molar-refractivity contribution in [2.45, 2.75) is 0 Å². The average molecular weight is 384 g/mol. The minimum absolute atomic E-state index is 0.346. The van der Waals surface area contributed by atoms with Crippen molar-refractivity contribution in [2.24, 2.45) is 0 Å². The van der Waals surface area contributed by atoms with Crippen LogP contribution in [-0.2, 0) is 0 Å². The Morgan fingerprint density at radius 3 is 2.26 bits per heavy atom. The van der Waals surface area contributed by atoms with E-state index < -0.39 is 0 Å². The molecule has 0 aliphatic carbocycles. The molecular weight excluding hydrogens is 366 g/mol. The number of rotatable bonds is 6. The highest BCUT2D eigenvalue weighted by molar-refractivity contribution is 6.32. The molecule has 0 bridgehead atoms. The zero-order chi connectivity index (χ0) is 19.2. The van der Waals surface area contributed by atoms with Crippen molar-refractivity contribution >= 4 is 23.2 Å². The third-order valence-electron chi connectivity index (χ3n) is 3.84. The third-order valence-corrected chi connectivity index (χ3v) is 4.16. The molecule has 0 spiro atoms. The molecule has 3 rings (SSSR count). The molecule has 0 aliphatic heterocycles. The molecule has 0 unspecified atom stereocenters. The number of anilines is 1. The standard InChI is InChI=1S/C21H18ClNO4/c1-25-14-11-12-18(26-2)15(13-14)21(24)23-17-8-4-6-10-20(17)27-19-9-5-3-7-16(19)22/h3-13H,1-2H3,(H,23,24). The fourth-order valence-electron chi connectivity index (χ4n) is 2.49. The van der Waals surface area contributed by atoms with Crippen molar-refractivity contribution in [3.63, 3.8) is 0 Å². The van der Waals surface area contributed by atoms with E-state index in [1.165, 1.54) is 14.2 Å². The molecule has 0 radical (unpaired) electrons. The molecule has 1 N–H and O–H groups in total. The largest absolute Gasteiger partial charge is 0.497 e. The van der Waals surface area contributed by atoms with Crippen LogP contribution in [0.3, 0.4) is 0 Å². The monoisotopic (exact) mass is 383 g/mol. The highest BCUT2D eigenvalue weighted by Gasteiger charge is 2.16. The lowest BCUT2D eigenvalue weighted by atomic mass is 10.1. The Balaban J connectivity index is 1.88. The zero-order valence-corrected chi connectivity index (χ0v) is 15.6. The fraction of sp³-hybridized carbons (Fsp3) is 0.0952. The maximum absolute atomic E-state index is 12.8. The summed E-state index contributed by atoms with van der Waals surface area (Å²) in [4.78, 5) is 12.8. The first-order valence-electron chi connectivity index (χ1n) is 8.17. The molecule has 0 atom stereocenters. The second kappa shape index (κ2) is 8.47. The highest BCUT2D eigenvalue weighted by atomic mass is 35.5. The van der Waals surface area contributed by atoms with E-state index in [1.807, 2.05) is 18.2 Å². The Hall–Kier alpha value is -3.18. The summed E-state index contributed by atoms with van der Waals surface area (Å²) in [5, 5.41) is 3.33. The number of methoxy groups -OCH3 is 2. The van der Waals surface area contributed by atoms with Gasteiger partial charge < -0.3 is 19.5 Å². The predicted octanol–water partition coefficient (Wildman–Crippen LogP) is 5.40. The SMILES string of the molecule is COc1ccc(OC)c(C(=O)Nc2ccccc2Oc2ccccc2Cl)c1. The van der Waals surface area contributed by atoms with Gasteiger partial charge in [0.15, 0.2) is 5.75 Å². The summed E-state index contributed by atoms with van der Waals surface area (Å²) in [5.74, 6) is 1.63. The minimum atomic E-state index is -0.346. The first-order chi connectivity index (χ1) is 13.1.